The molecule has 0 heterocycles. The third-order valence-electron chi connectivity index (χ3n) is 4.66. The molecule has 0 fully saturated rings. The van der Waals surface area contributed by atoms with Gasteiger partial charge in [-0.05, 0) is 36.9 Å². The van der Waals surface area contributed by atoms with Crippen molar-refractivity contribution >= 4 is 0 Å². The van der Waals surface area contributed by atoms with Gasteiger partial charge in [-0.1, -0.05) is 80.9 Å². The molecular formula is C21H29N. The van der Waals surface area contributed by atoms with Gasteiger partial charge >= 0.3 is 0 Å². The van der Waals surface area contributed by atoms with Gasteiger partial charge in [0, 0.05) is 12.6 Å². The van der Waals surface area contributed by atoms with Crippen molar-refractivity contribution in [1.82, 2.24) is 4.90 Å². The van der Waals surface area contributed by atoms with Gasteiger partial charge < -0.3 is 0 Å². The third-order valence-corrected chi connectivity index (χ3v) is 4.66. The number of nitrogens with zero attached hydrogens (tertiary/aromatic N) is 1. The molecule has 2 aromatic carbocycles. The predicted octanol–water partition coefficient (Wildman–Crippen LogP) is 5.69. The SMILES string of the molecule is CC[C@H](C)CCN(Cc1ccccc1)[C@H](C)c1ccccc1. The lowest BCUT2D eigenvalue weighted by Crippen LogP contribution is -2.28. The molecular weight excluding hydrogens is 266 g/mol. The normalized spacial score (nSPS) is 14.0. The van der Waals surface area contributed by atoms with Crippen LogP contribution in [0.4, 0.5) is 0 Å². The van der Waals surface area contributed by atoms with Crippen LogP contribution in [0.15, 0.2) is 60.7 Å². The second-order valence-corrected chi connectivity index (χ2v) is 6.34. The minimum absolute atomic E-state index is 0.450. The Morgan fingerprint density at radius 1 is 0.864 bits per heavy atom. The van der Waals surface area contributed by atoms with E-state index in [-0.39, 0.29) is 0 Å². The predicted molar refractivity (Wildman–Crippen MR) is 95.8 cm³/mol. The lowest BCUT2D eigenvalue weighted by atomic mass is 10.0. The van der Waals surface area contributed by atoms with Crippen molar-refractivity contribution in [3.8, 4) is 0 Å². The highest BCUT2D eigenvalue weighted by atomic mass is 15.1. The van der Waals surface area contributed by atoms with Crippen molar-refractivity contribution in [3.63, 3.8) is 0 Å². The van der Waals surface area contributed by atoms with E-state index in [1.807, 2.05) is 0 Å². The van der Waals surface area contributed by atoms with Crippen LogP contribution in [-0.2, 0) is 6.54 Å². The van der Waals surface area contributed by atoms with Crippen molar-refractivity contribution in [1.29, 1.82) is 0 Å². The Hall–Kier alpha value is -1.60. The molecule has 0 N–H and O–H groups in total. The zero-order chi connectivity index (χ0) is 15.8. The Labute approximate surface area is 136 Å². The molecule has 0 radical (unpaired) electrons. The molecule has 0 bridgehead atoms. The molecule has 0 aliphatic rings. The monoisotopic (exact) mass is 295 g/mol. The summed E-state index contributed by atoms with van der Waals surface area (Å²) in [7, 11) is 0. The molecule has 2 aromatic rings. The maximum Gasteiger partial charge on any atom is 0.0323 e. The van der Waals surface area contributed by atoms with Crippen LogP contribution in [-0.4, -0.2) is 11.4 Å². The van der Waals surface area contributed by atoms with Gasteiger partial charge in [0.05, 0.1) is 0 Å². The van der Waals surface area contributed by atoms with Crippen LogP contribution in [0.2, 0.25) is 0 Å². The van der Waals surface area contributed by atoms with Crippen LogP contribution in [0, 0.1) is 5.92 Å². The largest absolute Gasteiger partial charge is 0.292 e. The van der Waals surface area contributed by atoms with Crippen molar-refractivity contribution in [3.05, 3.63) is 71.8 Å². The highest BCUT2D eigenvalue weighted by molar-refractivity contribution is 5.20. The zero-order valence-electron chi connectivity index (χ0n) is 14.2. The average molecular weight is 295 g/mol. The quantitative estimate of drug-likeness (QED) is 0.605. The first kappa shape index (κ1) is 16.8. The molecule has 1 nitrogen and oxygen atoms in total. The zero-order valence-corrected chi connectivity index (χ0v) is 14.2. The molecule has 0 aliphatic carbocycles. The molecule has 0 spiro atoms. The summed E-state index contributed by atoms with van der Waals surface area (Å²) >= 11 is 0. The smallest absolute Gasteiger partial charge is 0.0323 e. The maximum absolute atomic E-state index is 2.61. The molecule has 22 heavy (non-hydrogen) atoms. The fourth-order valence-electron chi connectivity index (χ4n) is 2.76. The minimum atomic E-state index is 0.450. The number of hydrogen-bond donors (Lipinski definition) is 0. The van der Waals surface area contributed by atoms with Crippen molar-refractivity contribution in [2.45, 2.75) is 46.2 Å². The van der Waals surface area contributed by atoms with E-state index in [1.54, 1.807) is 0 Å². The lowest BCUT2D eigenvalue weighted by Gasteiger charge is -2.30. The molecule has 1 heteroatoms. The summed E-state index contributed by atoms with van der Waals surface area (Å²) < 4.78 is 0. The first-order chi connectivity index (χ1) is 10.7. The third kappa shape index (κ3) is 4.99. The Morgan fingerprint density at radius 3 is 2.05 bits per heavy atom. The summed E-state index contributed by atoms with van der Waals surface area (Å²) in [6, 6.07) is 22.1. The fraction of sp³-hybridized carbons (Fsp3) is 0.429. The first-order valence-corrected chi connectivity index (χ1v) is 8.53. The maximum atomic E-state index is 2.61. The van der Waals surface area contributed by atoms with E-state index in [0.717, 1.165) is 19.0 Å². The Balaban J connectivity index is 2.10. The molecule has 0 aliphatic heterocycles. The molecule has 118 valence electrons. The van der Waals surface area contributed by atoms with E-state index in [0.29, 0.717) is 6.04 Å². The molecule has 2 rings (SSSR count). The summed E-state index contributed by atoms with van der Waals surface area (Å²) in [5, 5.41) is 0. The fourth-order valence-corrected chi connectivity index (χ4v) is 2.76. The molecule has 0 unspecified atom stereocenters. The van der Waals surface area contributed by atoms with Gasteiger partial charge in [-0.2, -0.15) is 0 Å². The van der Waals surface area contributed by atoms with Crippen LogP contribution < -0.4 is 0 Å². The summed E-state index contributed by atoms with van der Waals surface area (Å²) in [5.74, 6) is 0.793. The van der Waals surface area contributed by atoms with Gasteiger partial charge in [0.2, 0.25) is 0 Å². The Kier molecular flexibility index (Phi) is 6.67. The second-order valence-electron chi connectivity index (χ2n) is 6.34. The van der Waals surface area contributed by atoms with Crippen LogP contribution in [0.25, 0.3) is 0 Å². The topological polar surface area (TPSA) is 3.24 Å². The van der Waals surface area contributed by atoms with Gasteiger partial charge in [-0.15, -0.1) is 0 Å². The van der Waals surface area contributed by atoms with Crippen molar-refractivity contribution in [2.24, 2.45) is 5.92 Å². The number of hydrogen-bond acceptors (Lipinski definition) is 1. The molecule has 0 saturated heterocycles. The number of benzene rings is 2. The van der Waals surface area contributed by atoms with Crippen molar-refractivity contribution in [2.75, 3.05) is 6.54 Å². The Bertz CT molecular complexity index is 520. The van der Waals surface area contributed by atoms with Gasteiger partial charge in [0.15, 0.2) is 0 Å². The number of rotatable bonds is 8. The van der Waals surface area contributed by atoms with Gasteiger partial charge in [-0.3, -0.25) is 4.90 Å². The van der Waals surface area contributed by atoms with Crippen LogP contribution in [0.1, 0.15) is 50.8 Å². The van der Waals surface area contributed by atoms with E-state index in [9.17, 15) is 0 Å². The van der Waals surface area contributed by atoms with Crippen molar-refractivity contribution < 1.29 is 0 Å². The van der Waals surface area contributed by atoms with Crippen LogP contribution in [0.3, 0.4) is 0 Å². The van der Waals surface area contributed by atoms with E-state index in [4.69, 9.17) is 0 Å². The summed E-state index contributed by atoms with van der Waals surface area (Å²) in [5.41, 5.74) is 2.80. The van der Waals surface area contributed by atoms with Gasteiger partial charge in [0.25, 0.3) is 0 Å². The molecule has 0 amide bonds. The summed E-state index contributed by atoms with van der Waals surface area (Å²) in [6.45, 7) is 9.14. The van der Waals surface area contributed by atoms with Gasteiger partial charge in [-0.25, -0.2) is 0 Å². The first-order valence-electron chi connectivity index (χ1n) is 8.53. The van der Waals surface area contributed by atoms with Crippen LogP contribution in [0.5, 0.6) is 0 Å². The lowest BCUT2D eigenvalue weighted by molar-refractivity contribution is 0.187. The molecule has 0 saturated carbocycles. The minimum Gasteiger partial charge on any atom is -0.292 e. The standard InChI is InChI=1S/C21H29N/c1-4-18(2)15-16-22(17-20-11-7-5-8-12-20)19(3)21-13-9-6-10-14-21/h5-14,18-19H,4,15-17H2,1-3H3/t18-,19+/m0/s1. The van der Waals surface area contributed by atoms with E-state index < -0.39 is 0 Å². The molecule has 0 aromatic heterocycles. The average Bonchev–Trinajstić information content (AvgIpc) is 2.59. The Morgan fingerprint density at radius 2 is 1.45 bits per heavy atom. The van der Waals surface area contributed by atoms with Crippen LogP contribution >= 0.6 is 0 Å². The van der Waals surface area contributed by atoms with E-state index >= 15 is 0 Å². The molecule has 2 atom stereocenters. The highest BCUT2D eigenvalue weighted by Gasteiger charge is 2.16. The van der Waals surface area contributed by atoms with E-state index in [1.165, 1.54) is 24.0 Å². The highest BCUT2D eigenvalue weighted by Crippen LogP contribution is 2.23. The van der Waals surface area contributed by atoms with Gasteiger partial charge in [0.1, 0.15) is 0 Å². The second kappa shape index (κ2) is 8.75. The summed E-state index contributed by atoms with van der Waals surface area (Å²) in [6.07, 6.45) is 2.53. The van der Waals surface area contributed by atoms with E-state index in [2.05, 4.69) is 86.3 Å². The summed E-state index contributed by atoms with van der Waals surface area (Å²) in [4.78, 5) is 2.61.